The van der Waals surface area contributed by atoms with Crippen LogP contribution in [-0.4, -0.2) is 37.2 Å². The molecule has 1 heterocycles. The van der Waals surface area contributed by atoms with Crippen LogP contribution >= 0.6 is 0 Å². The smallest absolute Gasteiger partial charge is 0.255 e. The molecule has 0 saturated heterocycles. The van der Waals surface area contributed by atoms with E-state index in [1.165, 1.54) is 29.1 Å². The molecule has 0 fully saturated rings. The van der Waals surface area contributed by atoms with Crippen molar-refractivity contribution in [2.75, 3.05) is 13.1 Å². The molecular weight excluding hydrogens is 402 g/mol. The maximum absolute atomic E-state index is 14.1. The first-order chi connectivity index (χ1) is 13.8. The number of halogens is 2. The van der Waals surface area contributed by atoms with Gasteiger partial charge in [0.2, 0.25) is 10.0 Å². The highest BCUT2D eigenvalue weighted by molar-refractivity contribution is 7.89. The fourth-order valence-corrected chi connectivity index (χ4v) is 3.73. The number of rotatable bonds is 7. The summed E-state index contributed by atoms with van der Waals surface area (Å²) in [6.45, 7) is -0.0331. The Kier molecular flexibility index (Phi) is 6.04. The molecule has 152 valence electrons. The van der Waals surface area contributed by atoms with Crippen molar-refractivity contribution < 1.29 is 22.0 Å². The van der Waals surface area contributed by atoms with Crippen LogP contribution < -0.4 is 10.0 Å². The zero-order valence-corrected chi connectivity index (χ0v) is 16.2. The summed E-state index contributed by atoms with van der Waals surface area (Å²) in [6.07, 6.45) is 1.40. The highest BCUT2D eigenvalue weighted by Crippen LogP contribution is 2.25. The van der Waals surface area contributed by atoms with Gasteiger partial charge in [0.1, 0.15) is 17.3 Å². The Morgan fingerprint density at radius 1 is 1.10 bits per heavy atom. The first-order valence-electron chi connectivity index (χ1n) is 8.60. The third-order valence-electron chi connectivity index (χ3n) is 4.02. The number of aryl methyl sites for hydroxylation is 1. The summed E-state index contributed by atoms with van der Waals surface area (Å²) >= 11 is 0. The minimum Gasteiger partial charge on any atom is -0.351 e. The van der Waals surface area contributed by atoms with Gasteiger partial charge < -0.3 is 5.32 Å². The van der Waals surface area contributed by atoms with Crippen LogP contribution in [0, 0.1) is 11.6 Å². The number of nitrogens with zero attached hydrogens (tertiary/aromatic N) is 2. The van der Waals surface area contributed by atoms with Gasteiger partial charge in [-0.1, -0.05) is 18.2 Å². The van der Waals surface area contributed by atoms with E-state index < -0.39 is 27.6 Å². The summed E-state index contributed by atoms with van der Waals surface area (Å²) in [5.74, 6) is -2.14. The predicted molar refractivity (Wildman–Crippen MR) is 103 cm³/mol. The number of carbonyl (C=O) groups is 1. The lowest BCUT2D eigenvalue weighted by atomic mass is 10.1. The van der Waals surface area contributed by atoms with Crippen LogP contribution in [0.4, 0.5) is 8.78 Å². The van der Waals surface area contributed by atoms with Crippen LogP contribution in [-0.2, 0) is 17.1 Å². The van der Waals surface area contributed by atoms with E-state index in [4.69, 9.17) is 0 Å². The molecule has 1 amide bonds. The normalized spacial score (nSPS) is 11.4. The molecule has 0 unspecified atom stereocenters. The second-order valence-electron chi connectivity index (χ2n) is 6.16. The number of aromatic nitrogens is 2. The fraction of sp³-hybridized carbons (Fsp3) is 0.158. The monoisotopic (exact) mass is 420 g/mol. The van der Waals surface area contributed by atoms with E-state index in [-0.39, 0.29) is 34.8 Å². The van der Waals surface area contributed by atoms with E-state index in [9.17, 15) is 22.0 Å². The largest absolute Gasteiger partial charge is 0.351 e. The summed E-state index contributed by atoms with van der Waals surface area (Å²) in [5, 5.41) is 6.64. The van der Waals surface area contributed by atoms with Gasteiger partial charge in [0.05, 0.1) is 10.5 Å². The molecule has 0 saturated carbocycles. The molecule has 3 rings (SSSR count). The highest BCUT2D eigenvalue weighted by atomic mass is 32.2. The van der Waals surface area contributed by atoms with E-state index in [0.717, 1.165) is 6.07 Å². The first kappa shape index (κ1) is 20.6. The van der Waals surface area contributed by atoms with Crippen molar-refractivity contribution in [1.82, 2.24) is 19.8 Å². The number of hydrogen-bond acceptors (Lipinski definition) is 4. The van der Waals surface area contributed by atoms with Crippen LogP contribution in [0.2, 0.25) is 0 Å². The molecule has 0 aliphatic carbocycles. The van der Waals surface area contributed by atoms with Crippen molar-refractivity contribution in [2.45, 2.75) is 4.90 Å². The topological polar surface area (TPSA) is 93.1 Å². The van der Waals surface area contributed by atoms with Crippen molar-refractivity contribution in [3.63, 3.8) is 0 Å². The number of amides is 1. The van der Waals surface area contributed by atoms with Gasteiger partial charge in [0.15, 0.2) is 0 Å². The zero-order valence-electron chi connectivity index (χ0n) is 15.4. The highest BCUT2D eigenvalue weighted by Gasteiger charge is 2.20. The molecule has 29 heavy (non-hydrogen) atoms. The molecule has 3 aromatic rings. The third-order valence-corrected chi connectivity index (χ3v) is 5.49. The summed E-state index contributed by atoms with van der Waals surface area (Å²) in [4.78, 5) is 12.6. The SMILES string of the molecule is Cn1cc(C(=O)NCCNS(=O)(=O)c2ccccc2)c(-c2ccc(F)cc2F)n1. The molecule has 1 aromatic heterocycles. The van der Waals surface area contributed by atoms with Gasteiger partial charge >= 0.3 is 0 Å². The molecule has 2 aromatic carbocycles. The molecule has 7 nitrogen and oxygen atoms in total. The molecule has 0 bridgehead atoms. The summed E-state index contributed by atoms with van der Waals surface area (Å²) in [6, 6.07) is 10.8. The third kappa shape index (κ3) is 4.84. The van der Waals surface area contributed by atoms with Crippen molar-refractivity contribution in [3.8, 4) is 11.3 Å². The lowest BCUT2D eigenvalue weighted by molar-refractivity contribution is 0.0955. The van der Waals surface area contributed by atoms with Gasteiger partial charge in [-0.15, -0.1) is 0 Å². The van der Waals surface area contributed by atoms with Crippen molar-refractivity contribution in [3.05, 3.63) is 71.9 Å². The van der Waals surface area contributed by atoms with Crippen LogP contribution in [0.5, 0.6) is 0 Å². The van der Waals surface area contributed by atoms with Crippen molar-refractivity contribution in [1.29, 1.82) is 0 Å². The van der Waals surface area contributed by atoms with Crippen molar-refractivity contribution >= 4 is 15.9 Å². The standard InChI is InChI=1S/C19H18F2N4O3S/c1-25-12-16(18(24-25)15-8-7-13(20)11-17(15)21)19(26)22-9-10-23-29(27,28)14-5-3-2-4-6-14/h2-8,11-12,23H,9-10H2,1H3,(H,22,26). The first-order valence-corrected chi connectivity index (χ1v) is 10.1. The molecule has 2 N–H and O–H groups in total. The van der Waals surface area contributed by atoms with E-state index in [2.05, 4.69) is 15.1 Å². The van der Waals surface area contributed by atoms with Gasteiger partial charge in [-0.05, 0) is 24.3 Å². The van der Waals surface area contributed by atoms with E-state index >= 15 is 0 Å². The lowest BCUT2D eigenvalue weighted by Gasteiger charge is -2.08. The van der Waals surface area contributed by atoms with Gasteiger partial charge in [0, 0.05) is 38.0 Å². The quantitative estimate of drug-likeness (QED) is 0.573. The van der Waals surface area contributed by atoms with E-state index in [1.54, 1.807) is 25.2 Å². The van der Waals surface area contributed by atoms with Gasteiger partial charge in [0.25, 0.3) is 5.91 Å². The maximum atomic E-state index is 14.1. The predicted octanol–water partition coefficient (Wildman–Crippen LogP) is 2.07. The zero-order chi connectivity index (χ0) is 21.0. The maximum Gasteiger partial charge on any atom is 0.255 e. The number of sulfonamides is 1. The van der Waals surface area contributed by atoms with Crippen LogP contribution in [0.1, 0.15) is 10.4 Å². The van der Waals surface area contributed by atoms with Gasteiger partial charge in [-0.25, -0.2) is 21.9 Å². The summed E-state index contributed by atoms with van der Waals surface area (Å²) < 4.78 is 55.3. The Hall–Kier alpha value is -3.11. The van der Waals surface area contributed by atoms with Crippen LogP contribution in [0.3, 0.4) is 0 Å². The average Bonchev–Trinajstić information content (AvgIpc) is 3.07. The number of hydrogen-bond donors (Lipinski definition) is 2. The Bertz CT molecular complexity index is 1130. The van der Waals surface area contributed by atoms with E-state index in [1.807, 2.05) is 0 Å². The average molecular weight is 420 g/mol. The number of benzene rings is 2. The Morgan fingerprint density at radius 3 is 2.52 bits per heavy atom. The van der Waals surface area contributed by atoms with E-state index in [0.29, 0.717) is 6.07 Å². The Morgan fingerprint density at radius 2 is 1.83 bits per heavy atom. The second kappa shape index (κ2) is 8.50. The molecular formula is C19H18F2N4O3S. The summed E-state index contributed by atoms with van der Waals surface area (Å²) in [7, 11) is -2.12. The number of carbonyl (C=O) groups excluding carboxylic acids is 1. The summed E-state index contributed by atoms with van der Waals surface area (Å²) in [5.41, 5.74) is 0.137. The Labute approximate surface area is 166 Å². The molecule has 0 atom stereocenters. The van der Waals surface area contributed by atoms with Crippen LogP contribution in [0.15, 0.2) is 59.6 Å². The van der Waals surface area contributed by atoms with Gasteiger partial charge in [-0.3, -0.25) is 9.48 Å². The fourth-order valence-electron chi connectivity index (χ4n) is 2.67. The van der Waals surface area contributed by atoms with Crippen molar-refractivity contribution in [2.24, 2.45) is 7.05 Å². The second-order valence-corrected chi connectivity index (χ2v) is 7.92. The minimum atomic E-state index is -3.68. The van der Waals surface area contributed by atoms with Gasteiger partial charge in [-0.2, -0.15) is 5.10 Å². The molecule has 0 aliphatic heterocycles. The molecule has 0 radical (unpaired) electrons. The van der Waals surface area contributed by atoms with Crippen LogP contribution in [0.25, 0.3) is 11.3 Å². The lowest BCUT2D eigenvalue weighted by Crippen LogP contribution is -2.34. The minimum absolute atomic E-state index is 0.00509. The molecule has 0 spiro atoms. The Balaban J connectivity index is 1.66. The molecule has 10 heteroatoms. The molecule has 0 aliphatic rings. The number of nitrogens with one attached hydrogen (secondary N) is 2.